The Morgan fingerprint density at radius 3 is 2.25 bits per heavy atom. The van der Waals surface area contributed by atoms with E-state index in [0.29, 0.717) is 22.4 Å². The third-order valence-corrected chi connectivity index (χ3v) is 2.47. The molecule has 1 aromatic carbocycles. The van der Waals surface area contributed by atoms with E-state index in [2.05, 4.69) is 11.1 Å². The van der Waals surface area contributed by atoms with Crippen LogP contribution < -0.4 is 10.3 Å². The average Bonchev–Trinajstić information content (AvgIpc) is 2.51. The first-order valence-corrected chi connectivity index (χ1v) is 6.77. The van der Waals surface area contributed by atoms with Crippen LogP contribution in [0.3, 0.4) is 0 Å². The zero-order valence-corrected chi connectivity index (χ0v) is 13.0. The molecular formula is C16H22N2O2. The molecule has 0 aliphatic carbocycles. The van der Waals surface area contributed by atoms with Crippen molar-refractivity contribution in [3.05, 3.63) is 39.7 Å². The summed E-state index contributed by atoms with van der Waals surface area (Å²) in [5.74, 6) is 0.467. The van der Waals surface area contributed by atoms with Crippen molar-refractivity contribution in [1.82, 2.24) is 4.98 Å². The summed E-state index contributed by atoms with van der Waals surface area (Å²) in [4.78, 5) is 14.2. The molecule has 0 atom stereocenters. The number of fused-ring (bicyclic) bond motifs is 1. The summed E-state index contributed by atoms with van der Waals surface area (Å²) < 4.78 is 5.07. The van der Waals surface area contributed by atoms with Crippen LogP contribution in [0.25, 0.3) is 10.9 Å². The number of nitrogens with zero attached hydrogens (tertiary/aromatic N) is 1. The van der Waals surface area contributed by atoms with E-state index in [1.165, 1.54) is 7.11 Å². The van der Waals surface area contributed by atoms with Gasteiger partial charge in [0.15, 0.2) is 0 Å². The number of nitrogens with one attached hydrogen (secondary N) is 1. The number of benzene rings is 1. The number of hydrogen-bond donors (Lipinski definition) is 1. The Morgan fingerprint density at radius 1 is 1.15 bits per heavy atom. The molecule has 0 saturated carbocycles. The van der Waals surface area contributed by atoms with Crippen LogP contribution in [0, 0.1) is 18.3 Å². The summed E-state index contributed by atoms with van der Waals surface area (Å²) in [7, 11) is 1.49. The van der Waals surface area contributed by atoms with Gasteiger partial charge >= 0.3 is 0 Å². The van der Waals surface area contributed by atoms with E-state index in [4.69, 9.17) is 10.00 Å². The number of aryl methyl sites for hydroxylation is 1. The molecule has 0 spiro atoms. The van der Waals surface area contributed by atoms with Crippen LogP contribution in [0.2, 0.25) is 0 Å². The van der Waals surface area contributed by atoms with Gasteiger partial charge in [0, 0.05) is 17.0 Å². The predicted octanol–water partition coefficient (Wildman–Crippen LogP) is 3.77. The Hall–Kier alpha value is -2.28. The normalized spacial score (nSPS) is 8.65. The molecule has 2 aromatic rings. The number of aromatic amines is 1. The van der Waals surface area contributed by atoms with Crippen molar-refractivity contribution in [3.63, 3.8) is 0 Å². The van der Waals surface area contributed by atoms with E-state index in [1.807, 2.05) is 27.7 Å². The minimum atomic E-state index is -0.126. The minimum Gasteiger partial charge on any atom is -0.495 e. The quantitative estimate of drug-likeness (QED) is 0.860. The van der Waals surface area contributed by atoms with Crippen LogP contribution >= 0.6 is 0 Å². The zero-order chi connectivity index (χ0) is 15.7. The Kier molecular flexibility index (Phi) is 7.76. The van der Waals surface area contributed by atoms with Gasteiger partial charge < -0.3 is 9.72 Å². The number of rotatable bonds is 1. The third-order valence-electron chi connectivity index (χ3n) is 2.47. The lowest BCUT2D eigenvalue weighted by atomic mass is 10.1. The summed E-state index contributed by atoms with van der Waals surface area (Å²) in [6.07, 6.45) is 0. The summed E-state index contributed by atoms with van der Waals surface area (Å²) in [5.41, 5.74) is 1.63. The van der Waals surface area contributed by atoms with Gasteiger partial charge in [-0.05, 0) is 19.1 Å². The van der Waals surface area contributed by atoms with Gasteiger partial charge in [-0.1, -0.05) is 27.7 Å². The molecule has 1 N–H and O–H groups in total. The number of aromatic nitrogens is 1. The van der Waals surface area contributed by atoms with Gasteiger partial charge in [-0.15, -0.1) is 0 Å². The second kappa shape index (κ2) is 8.76. The van der Waals surface area contributed by atoms with E-state index >= 15 is 0 Å². The Bertz CT molecular complexity index is 652. The van der Waals surface area contributed by atoms with Crippen LogP contribution in [0.1, 0.15) is 38.8 Å². The van der Waals surface area contributed by atoms with Gasteiger partial charge in [-0.25, -0.2) is 0 Å². The fourth-order valence-corrected chi connectivity index (χ4v) is 1.60. The van der Waals surface area contributed by atoms with Crippen LogP contribution in [0.4, 0.5) is 0 Å². The zero-order valence-electron chi connectivity index (χ0n) is 13.0. The summed E-state index contributed by atoms with van der Waals surface area (Å²) >= 11 is 0. The molecule has 1 heterocycles. The molecule has 0 aliphatic heterocycles. The van der Waals surface area contributed by atoms with Crippen LogP contribution in [-0.4, -0.2) is 12.1 Å². The fraction of sp³-hybridized carbons (Fsp3) is 0.375. The smallest absolute Gasteiger partial charge is 0.251 e. The van der Waals surface area contributed by atoms with E-state index in [9.17, 15) is 4.79 Å². The van der Waals surface area contributed by atoms with E-state index in [0.717, 1.165) is 5.39 Å². The minimum absolute atomic E-state index is 0.126. The Balaban J connectivity index is 0.000000829. The average molecular weight is 274 g/mol. The molecule has 20 heavy (non-hydrogen) atoms. The van der Waals surface area contributed by atoms with Crippen molar-refractivity contribution in [2.45, 2.75) is 34.6 Å². The van der Waals surface area contributed by atoms with Gasteiger partial charge in [0.25, 0.3) is 5.56 Å². The standard InChI is InChI=1S/C12H10N2O2.2C2H6/c1-7-3-8-4-9(6-13)11(16-2)5-10(8)14-12(7)15;2*1-2/h3-5H,1-2H3,(H,14,15);2*1-2H3. The summed E-state index contributed by atoms with van der Waals surface area (Å²) in [5, 5.41) is 9.76. The van der Waals surface area contributed by atoms with Crippen molar-refractivity contribution in [2.75, 3.05) is 7.11 Å². The van der Waals surface area contributed by atoms with Crippen molar-refractivity contribution >= 4 is 10.9 Å². The molecule has 0 bridgehead atoms. The molecule has 0 saturated heterocycles. The maximum absolute atomic E-state index is 11.4. The summed E-state index contributed by atoms with van der Waals surface area (Å²) in [6, 6.07) is 7.18. The molecule has 0 aliphatic rings. The maximum Gasteiger partial charge on any atom is 0.251 e. The van der Waals surface area contributed by atoms with Crippen molar-refractivity contribution < 1.29 is 4.74 Å². The summed E-state index contributed by atoms with van der Waals surface area (Å²) in [6.45, 7) is 9.73. The SMILES string of the molecule is CC.CC.COc1cc2[nH]c(=O)c(C)cc2cc1C#N. The number of nitriles is 1. The molecule has 108 valence electrons. The number of methoxy groups -OCH3 is 1. The lowest BCUT2D eigenvalue weighted by molar-refractivity contribution is 0.414. The Morgan fingerprint density at radius 2 is 1.75 bits per heavy atom. The number of H-pyrrole nitrogens is 1. The number of ether oxygens (including phenoxy) is 1. The molecule has 0 amide bonds. The molecule has 0 fully saturated rings. The van der Waals surface area contributed by atoms with Crippen molar-refractivity contribution in [1.29, 1.82) is 5.26 Å². The lowest BCUT2D eigenvalue weighted by Gasteiger charge is -2.05. The highest BCUT2D eigenvalue weighted by atomic mass is 16.5. The first-order valence-electron chi connectivity index (χ1n) is 6.77. The van der Waals surface area contributed by atoms with E-state index in [-0.39, 0.29) is 5.56 Å². The molecule has 0 radical (unpaired) electrons. The van der Waals surface area contributed by atoms with Crippen LogP contribution in [0.15, 0.2) is 23.0 Å². The van der Waals surface area contributed by atoms with Crippen molar-refractivity contribution in [3.8, 4) is 11.8 Å². The monoisotopic (exact) mass is 274 g/mol. The highest BCUT2D eigenvalue weighted by molar-refractivity contribution is 5.82. The topological polar surface area (TPSA) is 65.9 Å². The second-order valence-corrected chi connectivity index (χ2v) is 3.53. The second-order valence-electron chi connectivity index (χ2n) is 3.53. The molecule has 4 nitrogen and oxygen atoms in total. The lowest BCUT2D eigenvalue weighted by Crippen LogP contribution is -2.08. The van der Waals surface area contributed by atoms with Gasteiger partial charge in [-0.2, -0.15) is 5.26 Å². The first-order chi connectivity index (χ1) is 9.65. The van der Waals surface area contributed by atoms with Gasteiger partial charge in [0.2, 0.25) is 0 Å². The predicted molar refractivity (Wildman–Crippen MR) is 83.3 cm³/mol. The van der Waals surface area contributed by atoms with Crippen LogP contribution in [-0.2, 0) is 0 Å². The molecule has 4 heteroatoms. The van der Waals surface area contributed by atoms with E-state index < -0.39 is 0 Å². The van der Waals surface area contributed by atoms with Gasteiger partial charge in [0.05, 0.1) is 18.2 Å². The fourth-order valence-electron chi connectivity index (χ4n) is 1.60. The molecule has 0 unspecified atom stereocenters. The molecule has 2 rings (SSSR count). The van der Waals surface area contributed by atoms with Crippen molar-refractivity contribution in [2.24, 2.45) is 0 Å². The largest absolute Gasteiger partial charge is 0.495 e. The maximum atomic E-state index is 11.4. The first kappa shape index (κ1) is 17.7. The molecule has 1 aromatic heterocycles. The number of pyridine rings is 1. The van der Waals surface area contributed by atoms with E-state index in [1.54, 1.807) is 25.1 Å². The Labute approximate surface area is 120 Å². The van der Waals surface area contributed by atoms with Gasteiger partial charge in [0.1, 0.15) is 11.8 Å². The number of hydrogen-bond acceptors (Lipinski definition) is 3. The highest BCUT2D eigenvalue weighted by Crippen LogP contribution is 2.23. The highest BCUT2D eigenvalue weighted by Gasteiger charge is 2.06. The molecular weight excluding hydrogens is 252 g/mol. The van der Waals surface area contributed by atoms with Crippen LogP contribution in [0.5, 0.6) is 5.75 Å². The van der Waals surface area contributed by atoms with Gasteiger partial charge in [-0.3, -0.25) is 4.79 Å². The third kappa shape index (κ3) is 3.86.